The van der Waals surface area contributed by atoms with Crippen molar-refractivity contribution in [1.29, 1.82) is 0 Å². The van der Waals surface area contributed by atoms with Gasteiger partial charge in [0.1, 0.15) is 17.8 Å². The van der Waals surface area contributed by atoms with Crippen LogP contribution in [0.4, 0.5) is 0 Å². The van der Waals surface area contributed by atoms with Crippen LogP contribution in [0, 0.1) is 0 Å². The monoisotopic (exact) mass is 363 g/mol. The van der Waals surface area contributed by atoms with Gasteiger partial charge in [-0.1, -0.05) is 26.0 Å². The lowest BCUT2D eigenvalue weighted by Crippen LogP contribution is -2.29. The topological polar surface area (TPSA) is 75.9 Å². The van der Waals surface area contributed by atoms with E-state index < -0.39 is 0 Å². The lowest BCUT2D eigenvalue weighted by atomic mass is 9.98. The molecule has 0 aliphatic carbocycles. The van der Waals surface area contributed by atoms with Crippen LogP contribution in [0.3, 0.4) is 0 Å². The van der Waals surface area contributed by atoms with Crippen LogP contribution in [0.25, 0.3) is 22.5 Å². The molecule has 2 N–H and O–H groups in total. The molecular formula is C21H25N5O. The maximum absolute atomic E-state index is 10.5. The third-order valence-corrected chi connectivity index (χ3v) is 5.20. The molecular weight excluding hydrogens is 338 g/mol. The summed E-state index contributed by atoms with van der Waals surface area (Å²) in [5.74, 6) is 0.584. The zero-order valence-electron chi connectivity index (χ0n) is 15.8. The Morgan fingerprint density at radius 3 is 2.67 bits per heavy atom. The van der Waals surface area contributed by atoms with Crippen LogP contribution in [-0.4, -0.2) is 37.9 Å². The fraction of sp³-hybridized carbons (Fsp3) is 0.381. The third kappa shape index (κ3) is 3.57. The first-order valence-electron chi connectivity index (χ1n) is 9.53. The molecule has 6 nitrogen and oxygen atoms in total. The predicted octanol–water partition coefficient (Wildman–Crippen LogP) is 3.76. The van der Waals surface area contributed by atoms with Crippen molar-refractivity contribution in [3.05, 3.63) is 48.5 Å². The van der Waals surface area contributed by atoms with E-state index in [4.69, 9.17) is 5.10 Å². The van der Waals surface area contributed by atoms with E-state index in [1.807, 2.05) is 24.3 Å². The average molecular weight is 363 g/mol. The Morgan fingerprint density at radius 2 is 2.00 bits per heavy atom. The van der Waals surface area contributed by atoms with E-state index in [9.17, 15) is 5.11 Å². The number of phenolic OH excluding ortho intramolecular Hbond substituents is 1. The Morgan fingerprint density at radius 1 is 1.19 bits per heavy atom. The van der Waals surface area contributed by atoms with E-state index in [0.29, 0.717) is 11.8 Å². The summed E-state index contributed by atoms with van der Waals surface area (Å²) in [4.78, 5) is 8.45. The molecule has 140 valence electrons. The standard InChI is InChI=1S/C21H25N5O/c1-14(2)17-4-3-15(11-20(17)27)21-18(19-7-10-23-13-24-19)12-26(25-21)16-5-8-22-9-6-16/h3-4,7,10-14,16,22,27H,5-6,8-9H2,1-2H3. The molecule has 1 aliphatic rings. The zero-order valence-corrected chi connectivity index (χ0v) is 15.8. The van der Waals surface area contributed by atoms with Gasteiger partial charge in [-0.25, -0.2) is 9.97 Å². The van der Waals surface area contributed by atoms with E-state index in [1.165, 1.54) is 0 Å². The number of hydrogen-bond donors (Lipinski definition) is 2. The molecule has 0 saturated carbocycles. The molecule has 3 aromatic rings. The van der Waals surface area contributed by atoms with Crippen LogP contribution in [0.5, 0.6) is 5.75 Å². The van der Waals surface area contributed by atoms with Crippen LogP contribution in [0.1, 0.15) is 44.2 Å². The van der Waals surface area contributed by atoms with Crippen molar-refractivity contribution in [3.63, 3.8) is 0 Å². The number of aromatic nitrogens is 4. The molecule has 27 heavy (non-hydrogen) atoms. The summed E-state index contributed by atoms with van der Waals surface area (Å²) in [5, 5.41) is 18.8. The fourth-order valence-electron chi connectivity index (χ4n) is 3.68. The molecule has 0 radical (unpaired) electrons. The van der Waals surface area contributed by atoms with Gasteiger partial charge in [-0.05, 0) is 49.5 Å². The third-order valence-electron chi connectivity index (χ3n) is 5.20. The Balaban J connectivity index is 1.80. The van der Waals surface area contributed by atoms with Crippen molar-refractivity contribution in [3.8, 4) is 28.3 Å². The number of nitrogens with zero attached hydrogens (tertiary/aromatic N) is 4. The molecule has 1 saturated heterocycles. The predicted molar refractivity (Wildman–Crippen MR) is 106 cm³/mol. The first-order valence-corrected chi connectivity index (χ1v) is 9.53. The Kier molecular flexibility index (Phi) is 4.90. The minimum Gasteiger partial charge on any atom is -0.508 e. The first kappa shape index (κ1) is 17.7. The van der Waals surface area contributed by atoms with Crippen molar-refractivity contribution in [2.45, 2.75) is 38.6 Å². The highest BCUT2D eigenvalue weighted by molar-refractivity contribution is 5.79. The SMILES string of the molecule is CC(C)c1ccc(-c2nn(C3CCNCC3)cc2-c2ccncn2)cc1O. The van der Waals surface area contributed by atoms with E-state index in [0.717, 1.165) is 54.0 Å². The van der Waals surface area contributed by atoms with Gasteiger partial charge >= 0.3 is 0 Å². The first-order chi connectivity index (χ1) is 13.1. The molecule has 3 heterocycles. The van der Waals surface area contributed by atoms with Crippen molar-refractivity contribution in [2.24, 2.45) is 0 Å². The molecule has 0 amide bonds. The minimum absolute atomic E-state index is 0.271. The Labute approximate surface area is 159 Å². The Bertz CT molecular complexity index is 914. The van der Waals surface area contributed by atoms with E-state index in [1.54, 1.807) is 12.5 Å². The molecule has 0 spiro atoms. The Hall–Kier alpha value is -2.73. The molecule has 1 fully saturated rings. The molecule has 0 atom stereocenters. The van der Waals surface area contributed by atoms with Gasteiger partial charge in [0.2, 0.25) is 0 Å². The number of aromatic hydroxyl groups is 1. The highest BCUT2D eigenvalue weighted by Crippen LogP contribution is 2.35. The van der Waals surface area contributed by atoms with Crippen molar-refractivity contribution < 1.29 is 5.11 Å². The molecule has 2 aromatic heterocycles. The van der Waals surface area contributed by atoms with Gasteiger partial charge in [0.05, 0.1) is 11.7 Å². The summed E-state index contributed by atoms with van der Waals surface area (Å²) in [6.07, 6.45) is 7.50. The zero-order chi connectivity index (χ0) is 18.8. The molecule has 0 bridgehead atoms. The summed E-state index contributed by atoms with van der Waals surface area (Å²) in [6, 6.07) is 8.12. The largest absolute Gasteiger partial charge is 0.508 e. The number of nitrogens with one attached hydrogen (secondary N) is 1. The van der Waals surface area contributed by atoms with Crippen LogP contribution in [0.2, 0.25) is 0 Å². The summed E-state index contributed by atoms with van der Waals surface area (Å²) in [6.45, 7) is 6.17. The lowest BCUT2D eigenvalue weighted by Gasteiger charge is -2.22. The summed E-state index contributed by atoms with van der Waals surface area (Å²) < 4.78 is 2.07. The van der Waals surface area contributed by atoms with Gasteiger partial charge in [0.15, 0.2) is 0 Å². The molecule has 4 rings (SSSR count). The highest BCUT2D eigenvalue weighted by Gasteiger charge is 2.21. The summed E-state index contributed by atoms with van der Waals surface area (Å²) >= 11 is 0. The van der Waals surface area contributed by atoms with Crippen molar-refractivity contribution in [1.82, 2.24) is 25.1 Å². The van der Waals surface area contributed by atoms with Crippen molar-refractivity contribution in [2.75, 3.05) is 13.1 Å². The lowest BCUT2D eigenvalue weighted by molar-refractivity contribution is 0.344. The van der Waals surface area contributed by atoms with E-state index in [2.05, 4.69) is 40.0 Å². The molecule has 0 unspecified atom stereocenters. The normalized spacial score (nSPS) is 15.4. The number of phenols is 1. The number of hydrogen-bond acceptors (Lipinski definition) is 5. The van der Waals surface area contributed by atoms with Gasteiger partial charge in [0, 0.05) is 23.5 Å². The number of benzene rings is 1. The minimum atomic E-state index is 0.271. The van der Waals surface area contributed by atoms with Gasteiger partial charge < -0.3 is 10.4 Å². The van der Waals surface area contributed by atoms with Gasteiger partial charge in [-0.2, -0.15) is 5.10 Å². The molecule has 6 heteroatoms. The number of rotatable bonds is 4. The van der Waals surface area contributed by atoms with E-state index in [-0.39, 0.29) is 5.92 Å². The van der Waals surface area contributed by atoms with Gasteiger partial charge in [-0.15, -0.1) is 0 Å². The van der Waals surface area contributed by atoms with Gasteiger partial charge in [0.25, 0.3) is 0 Å². The van der Waals surface area contributed by atoms with Crippen LogP contribution >= 0.6 is 0 Å². The summed E-state index contributed by atoms with van der Waals surface area (Å²) in [7, 11) is 0. The maximum atomic E-state index is 10.5. The van der Waals surface area contributed by atoms with Crippen molar-refractivity contribution >= 4 is 0 Å². The quantitative estimate of drug-likeness (QED) is 0.738. The van der Waals surface area contributed by atoms with Crippen LogP contribution in [0.15, 0.2) is 43.0 Å². The smallest absolute Gasteiger partial charge is 0.119 e. The second kappa shape index (κ2) is 7.48. The van der Waals surface area contributed by atoms with Gasteiger partial charge in [-0.3, -0.25) is 4.68 Å². The fourth-order valence-corrected chi connectivity index (χ4v) is 3.68. The molecule has 1 aliphatic heterocycles. The highest BCUT2D eigenvalue weighted by atomic mass is 16.3. The average Bonchev–Trinajstić information content (AvgIpc) is 3.14. The second-order valence-electron chi connectivity index (χ2n) is 7.38. The number of piperidine rings is 1. The second-order valence-corrected chi connectivity index (χ2v) is 7.38. The van der Waals surface area contributed by atoms with Crippen LogP contribution < -0.4 is 5.32 Å². The van der Waals surface area contributed by atoms with Crippen LogP contribution in [-0.2, 0) is 0 Å². The van der Waals surface area contributed by atoms with E-state index >= 15 is 0 Å². The molecule has 1 aromatic carbocycles. The maximum Gasteiger partial charge on any atom is 0.119 e. The summed E-state index contributed by atoms with van der Waals surface area (Å²) in [5.41, 5.74) is 4.50.